The van der Waals surface area contributed by atoms with E-state index in [4.69, 9.17) is 0 Å². The van der Waals surface area contributed by atoms with Crippen molar-refractivity contribution in [3.05, 3.63) is 35.6 Å². The third kappa shape index (κ3) is 8.07. The quantitative estimate of drug-likeness (QED) is 0.403. The maximum Gasteiger partial charge on any atom is 0.245 e. The van der Waals surface area contributed by atoms with E-state index in [1.165, 1.54) is 12.1 Å². The van der Waals surface area contributed by atoms with Gasteiger partial charge in [-0.3, -0.25) is 14.4 Å². The number of benzene rings is 1. The third-order valence-electron chi connectivity index (χ3n) is 9.35. The van der Waals surface area contributed by atoms with Crippen LogP contribution in [0.4, 0.5) is 4.39 Å². The van der Waals surface area contributed by atoms with Gasteiger partial charge in [-0.2, -0.15) is 0 Å². The van der Waals surface area contributed by atoms with Gasteiger partial charge in [-0.15, -0.1) is 0 Å². The molecule has 9 heteroatoms. The molecule has 8 nitrogen and oxygen atoms in total. The fourth-order valence-corrected chi connectivity index (χ4v) is 6.75. The number of carbonyl (C=O) groups excluding carboxylic acids is 3. The van der Waals surface area contributed by atoms with Crippen LogP contribution in [0, 0.1) is 22.6 Å². The lowest BCUT2D eigenvalue weighted by Gasteiger charge is -2.49. The van der Waals surface area contributed by atoms with Gasteiger partial charge in [0.25, 0.3) is 0 Å². The molecule has 4 rings (SSSR count). The highest BCUT2D eigenvalue weighted by molar-refractivity contribution is 5.90. The lowest BCUT2D eigenvalue weighted by molar-refractivity contribution is -0.148. The van der Waals surface area contributed by atoms with Crippen LogP contribution in [0.15, 0.2) is 24.3 Å². The highest BCUT2D eigenvalue weighted by Gasteiger charge is 2.50. The van der Waals surface area contributed by atoms with Gasteiger partial charge in [-0.1, -0.05) is 26.0 Å². The van der Waals surface area contributed by atoms with Crippen molar-refractivity contribution in [2.24, 2.45) is 16.7 Å². The Morgan fingerprint density at radius 1 is 1.02 bits per heavy atom. The zero-order chi connectivity index (χ0) is 29.8. The molecule has 0 radical (unpaired) electrons. The Morgan fingerprint density at radius 3 is 2.22 bits per heavy atom. The number of piperidine rings is 1. The predicted octanol–water partition coefficient (Wildman–Crippen LogP) is 3.15. The number of amides is 3. The van der Waals surface area contributed by atoms with Crippen molar-refractivity contribution in [3.8, 4) is 0 Å². The average Bonchev–Trinajstić information content (AvgIpc) is 2.93. The molecule has 0 bridgehead atoms. The number of hydrogen-bond acceptors (Lipinski definition) is 5. The topological polar surface area (TPSA) is 103 Å². The standard InChI is InChI=1S/C32H50FN5O3/c1-30(2,3)37-29(41)32(23-10-12-31(4,5)13-11-23)14-18-38(19-15-32)28(40)25(20-22-6-8-24(33)9-7-22)36-27(39)26-21-34-16-17-35-26/h6-9,23,25-26,34-35H,10-21H2,1-5H3,(H,36,39)(H,37,41)/t25-,26+/m1/s1. The molecular weight excluding hydrogens is 521 g/mol. The Balaban J connectivity index is 1.50. The summed E-state index contributed by atoms with van der Waals surface area (Å²) in [5, 5.41) is 12.7. The summed E-state index contributed by atoms with van der Waals surface area (Å²) >= 11 is 0. The van der Waals surface area contributed by atoms with Crippen LogP contribution in [0.1, 0.15) is 78.7 Å². The van der Waals surface area contributed by atoms with Crippen molar-refractivity contribution >= 4 is 17.7 Å². The smallest absolute Gasteiger partial charge is 0.245 e. The molecule has 41 heavy (non-hydrogen) atoms. The van der Waals surface area contributed by atoms with Crippen molar-refractivity contribution in [3.63, 3.8) is 0 Å². The van der Waals surface area contributed by atoms with Crippen molar-refractivity contribution in [1.29, 1.82) is 0 Å². The summed E-state index contributed by atoms with van der Waals surface area (Å²) in [6, 6.07) is 4.87. The van der Waals surface area contributed by atoms with Gasteiger partial charge in [-0.25, -0.2) is 4.39 Å². The predicted molar refractivity (Wildman–Crippen MR) is 159 cm³/mol. The van der Waals surface area contributed by atoms with E-state index in [9.17, 15) is 18.8 Å². The van der Waals surface area contributed by atoms with Gasteiger partial charge in [0.05, 0.1) is 11.5 Å². The number of rotatable bonds is 7. The zero-order valence-electron chi connectivity index (χ0n) is 25.6. The second-order valence-electron chi connectivity index (χ2n) is 14.2. The molecule has 2 saturated heterocycles. The molecule has 3 amide bonds. The monoisotopic (exact) mass is 571 g/mol. The number of carbonyl (C=O) groups is 3. The van der Waals surface area contributed by atoms with Crippen molar-refractivity contribution < 1.29 is 18.8 Å². The van der Waals surface area contributed by atoms with Crippen LogP contribution >= 0.6 is 0 Å². The number of nitrogens with one attached hydrogen (secondary N) is 4. The highest BCUT2D eigenvalue weighted by atomic mass is 19.1. The molecule has 4 N–H and O–H groups in total. The number of hydrogen-bond donors (Lipinski definition) is 4. The van der Waals surface area contributed by atoms with Crippen molar-refractivity contribution in [2.45, 2.75) is 97.2 Å². The molecule has 1 aliphatic carbocycles. The molecule has 2 aliphatic heterocycles. The van der Waals surface area contributed by atoms with Crippen LogP contribution in [0.25, 0.3) is 0 Å². The van der Waals surface area contributed by atoms with Crippen LogP contribution in [-0.4, -0.2) is 73.0 Å². The summed E-state index contributed by atoms with van der Waals surface area (Å²) in [6.45, 7) is 13.6. The first-order valence-electron chi connectivity index (χ1n) is 15.4. The minimum Gasteiger partial charge on any atom is -0.351 e. The minimum atomic E-state index is -0.775. The largest absolute Gasteiger partial charge is 0.351 e. The second kappa shape index (κ2) is 12.8. The Kier molecular flexibility index (Phi) is 9.79. The molecule has 0 aromatic heterocycles. The van der Waals surface area contributed by atoms with E-state index in [2.05, 4.69) is 35.1 Å². The summed E-state index contributed by atoms with van der Waals surface area (Å²) in [5.74, 6) is -0.326. The van der Waals surface area contributed by atoms with Gasteiger partial charge in [0.2, 0.25) is 17.7 Å². The average molecular weight is 572 g/mol. The summed E-state index contributed by atoms with van der Waals surface area (Å²) in [6.07, 6.45) is 5.72. The molecule has 1 aromatic carbocycles. The van der Waals surface area contributed by atoms with Crippen LogP contribution in [0.5, 0.6) is 0 Å². The molecular formula is C32H50FN5O3. The van der Waals surface area contributed by atoms with Gasteiger partial charge >= 0.3 is 0 Å². The molecule has 1 aromatic rings. The van der Waals surface area contributed by atoms with Gasteiger partial charge in [0, 0.05) is 44.7 Å². The normalized spacial score (nSPS) is 23.9. The summed E-state index contributed by atoms with van der Waals surface area (Å²) in [4.78, 5) is 42.8. The maximum absolute atomic E-state index is 14.0. The van der Waals surface area contributed by atoms with Gasteiger partial charge < -0.3 is 26.2 Å². The number of halogens is 1. The Hall–Kier alpha value is -2.52. The van der Waals surface area contributed by atoms with E-state index in [1.54, 1.807) is 12.1 Å². The van der Waals surface area contributed by atoms with Gasteiger partial charge in [-0.05, 0) is 88.3 Å². The lowest BCUT2D eigenvalue weighted by Crippen LogP contribution is -2.61. The minimum absolute atomic E-state index is 0.105. The van der Waals surface area contributed by atoms with E-state index in [1.807, 2.05) is 25.7 Å². The van der Waals surface area contributed by atoms with E-state index >= 15 is 0 Å². The molecule has 228 valence electrons. The molecule has 2 atom stereocenters. The Labute approximate surface area is 245 Å². The highest BCUT2D eigenvalue weighted by Crippen LogP contribution is 2.50. The first kappa shape index (κ1) is 31.4. The number of likely N-dealkylation sites (tertiary alicyclic amines) is 1. The second-order valence-corrected chi connectivity index (χ2v) is 14.2. The van der Waals surface area contributed by atoms with Crippen molar-refractivity contribution in [1.82, 2.24) is 26.2 Å². The maximum atomic E-state index is 14.0. The first-order valence-corrected chi connectivity index (χ1v) is 15.4. The van der Waals surface area contributed by atoms with Gasteiger partial charge in [0.15, 0.2) is 0 Å². The summed E-state index contributed by atoms with van der Waals surface area (Å²) < 4.78 is 13.6. The van der Waals surface area contributed by atoms with Crippen LogP contribution in [-0.2, 0) is 20.8 Å². The number of nitrogens with zero attached hydrogens (tertiary/aromatic N) is 1. The van der Waals surface area contributed by atoms with E-state index in [0.717, 1.165) is 37.8 Å². The van der Waals surface area contributed by atoms with Gasteiger partial charge in [0.1, 0.15) is 11.9 Å². The molecule has 3 aliphatic rings. The van der Waals surface area contributed by atoms with E-state index in [-0.39, 0.29) is 41.4 Å². The number of piperazine rings is 1. The fraction of sp³-hybridized carbons (Fsp3) is 0.719. The van der Waals surface area contributed by atoms with Crippen molar-refractivity contribution in [2.75, 3.05) is 32.7 Å². The van der Waals surface area contributed by atoms with E-state index in [0.29, 0.717) is 44.4 Å². The molecule has 1 saturated carbocycles. The zero-order valence-corrected chi connectivity index (χ0v) is 25.6. The SMILES string of the molecule is CC1(C)CCC(C2(C(=O)NC(C)(C)C)CCN(C(=O)[C@@H](Cc3ccc(F)cc3)NC(=O)[C@@H]3CNCCN3)CC2)CC1. The molecule has 2 heterocycles. The summed E-state index contributed by atoms with van der Waals surface area (Å²) in [5.41, 5.74) is 0.231. The Bertz CT molecular complexity index is 1060. The lowest BCUT2D eigenvalue weighted by atomic mass is 9.59. The van der Waals surface area contributed by atoms with Crippen LogP contribution in [0.2, 0.25) is 0 Å². The molecule has 0 unspecified atom stereocenters. The van der Waals surface area contributed by atoms with E-state index < -0.39 is 17.5 Å². The molecule has 0 spiro atoms. The van der Waals surface area contributed by atoms with Crippen LogP contribution < -0.4 is 21.3 Å². The molecule has 3 fully saturated rings. The summed E-state index contributed by atoms with van der Waals surface area (Å²) in [7, 11) is 0. The third-order valence-corrected chi connectivity index (χ3v) is 9.35. The van der Waals surface area contributed by atoms with Crippen LogP contribution in [0.3, 0.4) is 0 Å². The Morgan fingerprint density at radius 2 is 1.66 bits per heavy atom. The first-order chi connectivity index (χ1) is 19.3. The fourth-order valence-electron chi connectivity index (χ4n) is 6.75.